The number of rotatable bonds is 4. The van der Waals surface area contributed by atoms with E-state index in [4.69, 9.17) is 5.73 Å². The van der Waals surface area contributed by atoms with E-state index in [0.29, 0.717) is 11.6 Å². The van der Waals surface area contributed by atoms with E-state index in [9.17, 15) is 4.39 Å². The quantitative estimate of drug-likeness (QED) is 0.624. The van der Waals surface area contributed by atoms with Gasteiger partial charge in [-0.15, -0.1) is 0 Å². The van der Waals surface area contributed by atoms with Gasteiger partial charge in [0.25, 0.3) is 0 Å². The predicted molar refractivity (Wildman–Crippen MR) is 95.3 cm³/mol. The lowest BCUT2D eigenvalue weighted by atomic mass is 10.2. The molecule has 0 amide bonds. The van der Waals surface area contributed by atoms with Crippen LogP contribution in [0.5, 0.6) is 0 Å². The van der Waals surface area contributed by atoms with Gasteiger partial charge in [-0.2, -0.15) is 4.98 Å². The maximum absolute atomic E-state index is 14.0. The molecule has 1 aromatic heterocycles. The molecule has 0 aliphatic rings. The smallest absolute Gasteiger partial charge is 0.229 e. The fourth-order valence-corrected chi connectivity index (χ4v) is 2.17. The number of halogens is 1. The number of nitrogens with one attached hydrogen (secondary N) is 2. The molecule has 0 aliphatic carbocycles. The van der Waals surface area contributed by atoms with Crippen molar-refractivity contribution in [1.29, 1.82) is 0 Å². The average molecular weight is 323 g/mol. The van der Waals surface area contributed by atoms with Gasteiger partial charge in [-0.25, -0.2) is 9.37 Å². The highest BCUT2D eigenvalue weighted by Gasteiger charge is 2.08. The van der Waals surface area contributed by atoms with E-state index in [1.807, 2.05) is 50.2 Å². The summed E-state index contributed by atoms with van der Waals surface area (Å²) in [6.07, 6.45) is 1.13. The molecule has 5 nitrogen and oxygen atoms in total. The summed E-state index contributed by atoms with van der Waals surface area (Å²) in [4.78, 5) is 8.17. The van der Waals surface area contributed by atoms with E-state index >= 15 is 0 Å². The van der Waals surface area contributed by atoms with E-state index in [1.54, 1.807) is 6.07 Å². The summed E-state index contributed by atoms with van der Waals surface area (Å²) in [5.74, 6) is -0.103. The molecule has 0 fully saturated rings. The van der Waals surface area contributed by atoms with Crippen molar-refractivity contribution in [1.82, 2.24) is 9.97 Å². The summed E-state index contributed by atoms with van der Waals surface area (Å²) < 4.78 is 14.0. The Balaban J connectivity index is 1.82. The van der Waals surface area contributed by atoms with E-state index in [0.717, 1.165) is 28.7 Å². The Hall–Kier alpha value is -3.15. The zero-order valence-corrected chi connectivity index (χ0v) is 13.5. The van der Waals surface area contributed by atoms with Crippen molar-refractivity contribution in [3.8, 4) is 0 Å². The standard InChI is InChI=1S/C18H18FN5/c1-11-3-5-13(6-4-11)22-17-15(19)10-21-18(24-17)23-14-7-8-16(20)12(2)9-14/h3-10H,20H2,1-2H3,(H2,21,22,23,24). The molecule has 1 heterocycles. The highest BCUT2D eigenvalue weighted by atomic mass is 19.1. The molecular weight excluding hydrogens is 305 g/mol. The second-order valence-corrected chi connectivity index (χ2v) is 5.58. The second kappa shape index (κ2) is 6.54. The summed E-state index contributed by atoms with van der Waals surface area (Å²) >= 11 is 0. The summed E-state index contributed by atoms with van der Waals surface area (Å²) in [7, 11) is 0. The van der Waals surface area contributed by atoms with Crippen molar-refractivity contribution in [2.24, 2.45) is 0 Å². The number of nitrogens with zero attached hydrogens (tertiary/aromatic N) is 2. The van der Waals surface area contributed by atoms with Crippen molar-refractivity contribution >= 4 is 28.8 Å². The Kier molecular flexibility index (Phi) is 4.29. The van der Waals surface area contributed by atoms with Crippen LogP contribution in [0.25, 0.3) is 0 Å². The van der Waals surface area contributed by atoms with Crippen LogP contribution in [-0.2, 0) is 0 Å². The lowest BCUT2D eigenvalue weighted by Crippen LogP contribution is -2.03. The molecule has 0 aliphatic heterocycles. The van der Waals surface area contributed by atoms with Crippen LogP contribution in [0.3, 0.4) is 0 Å². The Labute approximate surface area is 139 Å². The minimum Gasteiger partial charge on any atom is -0.399 e. The van der Waals surface area contributed by atoms with Gasteiger partial charge >= 0.3 is 0 Å². The van der Waals surface area contributed by atoms with Gasteiger partial charge in [0, 0.05) is 17.1 Å². The zero-order chi connectivity index (χ0) is 17.1. The first-order valence-electron chi connectivity index (χ1n) is 7.50. The fraction of sp³-hybridized carbons (Fsp3) is 0.111. The van der Waals surface area contributed by atoms with Gasteiger partial charge in [0.05, 0.1) is 6.20 Å². The highest BCUT2D eigenvalue weighted by Crippen LogP contribution is 2.22. The van der Waals surface area contributed by atoms with Gasteiger partial charge in [0.1, 0.15) is 0 Å². The van der Waals surface area contributed by atoms with Gasteiger partial charge in [0.2, 0.25) is 5.95 Å². The summed E-state index contributed by atoms with van der Waals surface area (Å²) in [6, 6.07) is 13.1. The van der Waals surface area contributed by atoms with Crippen molar-refractivity contribution in [3.63, 3.8) is 0 Å². The van der Waals surface area contributed by atoms with Crippen LogP contribution in [0.15, 0.2) is 48.7 Å². The van der Waals surface area contributed by atoms with E-state index in [1.165, 1.54) is 0 Å². The third-order valence-electron chi connectivity index (χ3n) is 3.58. The summed E-state index contributed by atoms with van der Waals surface area (Å²) in [6.45, 7) is 3.90. The van der Waals surface area contributed by atoms with Crippen LogP contribution < -0.4 is 16.4 Å². The van der Waals surface area contributed by atoms with Crippen LogP contribution in [0.2, 0.25) is 0 Å². The average Bonchev–Trinajstić information content (AvgIpc) is 2.56. The van der Waals surface area contributed by atoms with Crippen LogP contribution in [0, 0.1) is 19.7 Å². The minimum absolute atomic E-state index is 0.114. The zero-order valence-electron chi connectivity index (χ0n) is 13.5. The second-order valence-electron chi connectivity index (χ2n) is 5.58. The number of aromatic nitrogens is 2. The van der Waals surface area contributed by atoms with Gasteiger partial charge < -0.3 is 16.4 Å². The first-order chi connectivity index (χ1) is 11.5. The maximum atomic E-state index is 14.0. The van der Waals surface area contributed by atoms with Gasteiger partial charge in [-0.1, -0.05) is 17.7 Å². The normalized spacial score (nSPS) is 10.5. The first-order valence-corrected chi connectivity index (χ1v) is 7.50. The van der Waals surface area contributed by atoms with E-state index in [2.05, 4.69) is 20.6 Å². The molecule has 0 unspecified atom stereocenters. The Morgan fingerprint density at radius 3 is 2.38 bits per heavy atom. The Bertz CT molecular complexity index is 862. The molecule has 3 aromatic rings. The van der Waals surface area contributed by atoms with E-state index < -0.39 is 5.82 Å². The number of hydrogen-bond acceptors (Lipinski definition) is 5. The maximum Gasteiger partial charge on any atom is 0.229 e. The monoisotopic (exact) mass is 323 g/mol. The van der Waals surface area contributed by atoms with Crippen molar-refractivity contribution < 1.29 is 4.39 Å². The topological polar surface area (TPSA) is 75.9 Å². The van der Waals surface area contributed by atoms with Crippen LogP contribution in [0.4, 0.5) is 33.2 Å². The molecule has 0 saturated carbocycles. The Morgan fingerprint density at radius 1 is 0.958 bits per heavy atom. The first kappa shape index (κ1) is 15.7. The SMILES string of the molecule is Cc1ccc(Nc2nc(Nc3ccc(N)c(C)c3)ncc2F)cc1. The number of nitrogens with two attached hydrogens (primary N) is 1. The third kappa shape index (κ3) is 3.60. The number of benzene rings is 2. The molecule has 4 N–H and O–H groups in total. The van der Waals surface area contributed by atoms with Gasteiger partial charge in [-0.3, -0.25) is 0 Å². The Morgan fingerprint density at radius 2 is 1.67 bits per heavy atom. The van der Waals surface area contributed by atoms with Crippen LogP contribution in [-0.4, -0.2) is 9.97 Å². The van der Waals surface area contributed by atoms with Crippen molar-refractivity contribution in [2.45, 2.75) is 13.8 Å². The van der Waals surface area contributed by atoms with Gasteiger partial charge in [-0.05, 0) is 49.7 Å². The molecule has 0 radical (unpaired) electrons. The number of nitrogen functional groups attached to an aromatic ring is 1. The number of hydrogen-bond donors (Lipinski definition) is 3. The largest absolute Gasteiger partial charge is 0.399 e. The molecule has 0 bridgehead atoms. The molecular formula is C18H18FN5. The van der Waals surface area contributed by atoms with Crippen molar-refractivity contribution in [3.05, 3.63) is 65.6 Å². The molecule has 0 saturated heterocycles. The van der Waals surface area contributed by atoms with E-state index in [-0.39, 0.29) is 5.82 Å². The molecule has 2 aromatic carbocycles. The summed E-state index contributed by atoms with van der Waals surface area (Å²) in [5.41, 5.74) is 10.1. The molecule has 24 heavy (non-hydrogen) atoms. The number of anilines is 5. The lowest BCUT2D eigenvalue weighted by molar-refractivity contribution is 0.619. The van der Waals surface area contributed by atoms with Crippen LogP contribution in [0.1, 0.15) is 11.1 Å². The lowest BCUT2D eigenvalue weighted by Gasteiger charge is -2.10. The third-order valence-corrected chi connectivity index (χ3v) is 3.58. The summed E-state index contributed by atoms with van der Waals surface area (Å²) in [5, 5.41) is 6.01. The molecule has 0 spiro atoms. The fourth-order valence-electron chi connectivity index (χ4n) is 2.17. The molecule has 6 heteroatoms. The number of aryl methyl sites for hydroxylation is 2. The van der Waals surface area contributed by atoms with Crippen molar-refractivity contribution in [2.75, 3.05) is 16.4 Å². The highest BCUT2D eigenvalue weighted by molar-refractivity contribution is 5.63. The van der Waals surface area contributed by atoms with Gasteiger partial charge in [0.15, 0.2) is 11.6 Å². The molecule has 0 atom stereocenters. The predicted octanol–water partition coefficient (Wildman–Crippen LogP) is 4.30. The van der Waals surface area contributed by atoms with Crippen LogP contribution >= 0.6 is 0 Å². The minimum atomic E-state index is -0.519. The molecule has 122 valence electrons. The molecule has 3 rings (SSSR count).